The lowest BCUT2D eigenvalue weighted by atomic mass is 9.92. The average Bonchev–Trinajstić information content (AvgIpc) is 2.25. The number of aromatic nitrogens is 1. The van der Waals surface area contributed by atoms with Crippen LogP contribution in [0.3, 0.4) is 0 Å². The number of ether oxygens (including phenoxy) is 1. The molecule has 0 spiro atoms. The van der Waals surface area contributed by atoms with Gasteiger partial charge in [-0.25, -0.2) is 4.39 Å². The molecular weight excluding hydrogens is 207 g/mol. The normalized spacial score (nSPS) is 13.8. The maximum atomic E-state index is 13.1. The molecular formula is C12H19FN2O. The van der Waals surface area contributed by atoms with Gasteiger partial charge in [0.15, 0.2) is 0 Å². The first-order chi connectivity index (χ1) is 7.51. The summed E-state index contributed by atoms with van der Waals surface area (Å²) in [7, 11) is 1.65. The van der Waals surface area contributed by atoms with Crippen LogP contribution in [0.2, 0.25) is 0 Å². The van der Waals surface area contributed by atoms with Crippen LogP contribution in [-0.2, 0) is 4.74 Å². The van der Waals surface area contributed by atoms with Gasteiger partial charge >= 0.3 is 0 Å². The number of likely N-dealkylation sites (N-methyl/N-ethyl adjacent to an activating group) is 1. The minimum atomic E-state index is -0.411. The Balaban J connectivity index is 3.02. The highest BCUT2D eigenvalue weighted by atomic mass is 19.1. The number of hydrogen-bond acceptors (Lipinski definition) is 3. The van der Waals surface area contributed by atoms with Crippen LogP contribution in [-0.4, -0.2) is 24.2 Å². The van der Waals surface area contributed by atoms with Gasteiger partial charge in [-0.2, -0.15) is 0 Å². The molecule has 0 aliphatic carbocycles. The molecule has 4 heteroatoms. The number of halogens is 1. The molecule has 1 atom stereocenters. The van der Waals surface area contributed by atoms with Crippen LogP contribution in [0.25, 0.3) is 0 Å². The largest absolute Gasteiger partial charge is 0.377 e. The third-order valence-electron chi connectivity index (χ3n) is 2.69. The summed E-state index contributed by atoms with van der Waals surface area (Å²) in [5.41, 5.74) is 0.388. The Morgan fingerprint density at radius 2 is 2.19 bits per heavy atom. The molecule has 1 heterocycles. The van der Waals surface area contributed by atoms with E-state index in [0.717, 1.165) is 12.1 Å². The van der Waals surface area contributed by atoms with Crippen LogP contribution < -0.4 is 5.32 Å². The van der Waals surface area contributed by atoms with E-state index in [1.807, 2.05) is 20.8 Å². The lowest BCUT2D eigenvalue weighted by Crippen LogP contribution is -2.40. The number of rotatable bonds is 5. The Labute approximate surface area is 96.0 Å². The van der Waals surface area contributed by atoms with Crippen molar-refractivity contribution in [1.29, 1.82) is 0 Å². The van der Waals surface area contributed by atoms with Gasteiger partial charge in [0.2, 0.25) is 0 Å². The van der Waals surface area contributed by atoms with Crippen molar-refractivity contribution in [2.24, 2.45) is 0 Å². The standard InChI is InChI=1S/C12H19FN2O/c1-5-15-11(12(2,3)16-4)9-6-10(13)8-14-7-9/h6-8,11,15H,5H2,1-4H3. The first-order valence-corrected chi connectivity index (χ1v) is 5.40. The molecule has 0 radical (unpaired) electrons. The van der Waals surface area contributed by atoms with E-state index in [9.17, 15) is 4.39 Å². The Hall–Kier alpha value is -1.00. The maximum Gasteiger partial charge on any atom is 0.141 e. The molecule has 0 saturated heterocycles. The number of nitrogens with zero attached hydrogens (tertiary/aromatic N) is 1. The Morgan fingerprint density at radius 1 is 1.50 bits per heavy atom. The van der Waals surface area contributed by atoms with Gasteiger partial charge in [-0.1, -0.05) is 6.92 Å². The number of nitrogens with one attached hydrogen (secondary N) is 1. The van der Waals surface area contributed by atoms with Gasteiger partial charge in [-0.05, 0) is 32.0 Å². The second-order valence-electron chi connectivity index (χ2n) is 4.23. The summed E-state index contributed by atoms with van der Waals surface area (Å²) in [6.45, 7) is 6.72. The lowest BCUT2D eigenvalue weighted by molar-refractivity contribution is -0.0108. The molecule has 16 heavy (non-hydrogen) atoms. The topological polar surface area (TPSA) is 34.2 Å². The summed E-state index contributed by atoms with van der Waals surface area (Å²) in [5.74, 6) is -0.327. The van der Waals surface area contributed by atoms with Crippen molar-refractivity contribution in [2.45, 2.75) is 32.4 Å². The van der Waals surface area contributed by atoms with E-state index in [2.05, 4.69) is 10.3 Å². The van der Waals surface area contributed by atoms with Gasteiger partial charge in [-0.3, -0.25) is 4.98 Å². The zero-order chi connectivity index (χ0) is 12.2. The van der Waals surface area contributed by atoms with E-state index in [1.165, 1.54) is 12.3 Å². The number of pyridine rings is 1. The highest BCUT2D eigenvalue weighted by Crippen LogP contribution is 2.28. The molecule has 0 aliphatic heterocycles. The second kappa shape index (κ2) is 5.37. The summed E-state index contributed by atoms with van der Waals surface area (Å²) < 4.78 is 18.6. The van der Waals surface area contributed by atoms with Crippen molar-refractivity contribution in [3.63, 3.8) is 0 Å². The molecule has 0 bridgehead atoms. The average molecular weight is 226 g/mol. The third kappa shape index (κ3) is 3.00. The zero-order valence-corrected chi connectivity index (χ0v) is 10.2. The summed E-state index contributed by atoms with van der Waals surface area (Å²) in [6, 6.07) is 1.41. The summed E-state index contributed by atoms with van der Waals surface area (Å²) in [5, 5.41) is 3.29. The fourth-order valence-corrected chi connectivity index (χ4v) is 1.67. The van der Waals surface area contributed by atoms with Gasteiger partial charge in [0, 0.05) is 13.3 Å². The molecule has 0 aliphatic rings. The van der Waals surface area contributed by atoms with Crippen LogP contribution in [0.5, 0.6) is 0 Å². The zero-order valence-electron chi connectivity index (χ0n) is 10.2. The Bertz CT molecular complexity index is 342. The van der Waals surface area contributed by atoms with E-state index in [4.69, 9.17) is 4.74 Å². The van der Waals surface area contributed by atoms with Gasteiger partial charge < -0.3 is 10.1 Å². The monoisotopic (exact) mass is 226 g/mol. The third-order valence-corrected chi connectivity index (χ3v) is 2.69. The van der Waals surface area contributed by atoms with Gasteiger partial charge in [0.05, 0.1) is 17.8 Å². The van der Waals surface area contributed by atoms with Gasteiger partial charge in [-0.15, -0.1) is 0 Å². The minimum absolute atomic E-state index is 0.0781. The van der Waals surface area contributed by atoms with Crippen LogP contribution in [0.1, 0.15) is 32.4 Å². The fourth-order valence-electron chi connectivity index (χ4n) is 1.67. The molecule has 0 aromatic carbocycles. The van der Waals surface area contributed by atoms with Crippen LogP contribution in [0, 0.1) is 5.82 Å². The van der Waals surface area contributed by atoms with Crippen molar-refractivity contribution < 1.29 is 9.13 Å². The smallest absolute Gasteiger partial charge is 0.141 e. The van der Waals surface area contributed by atoms with E-state index in [1.54, 1.807) is 13.3 Å². The molecule has 0 amide bonds. The predicted molar refractivity (Wildman–Crippen MR) is 61.7 cm³/mol. The highest BCUT2D eigenvalue weighted by Gasteiger charge is 2.30. The first kappa shape index (κ1) is 13.1. The summed E-state index contributed by atoms with van der Waals surface area (Å²) in [4.78, 5) is 3.86. The number of methoxy groups -OCH3 is 1. The van der Waals surface area contributed by atoms with E-state index in [0.29, 0.717) is 0 Å². The van der Waals surface area contributed by atoms with Crippen molar-refractivity contribution in [2.75, 3.05) is 13.7 Å². The second-order valence-corrected chi connectivity index (χ2v) is 4.23. The maximum absolute atomic E-state index is 13.1. The highest BCUT2D eigenvalue weighted by molar-refractivity contribution is 5.18. The van der Waals surface area contributed by atoms with E-state index >= 15 is 0 Å². The van der Waals surface area contributed by atoms with Crippen LogP contribution in [0.4, 0.5) is 4.39 Å². The summed E-state index contributed by atoms with van der Waals surface area (Å²) >= 11 is 0. The Morgan fingerprint density at radius 3 is 2.69 bits per heavy atom. The first-order valence-electron chi connectivity index (χ1n) is 5.40. The van der Waals surface area contributed by atoms with E-state index < -0.39 is 5.60 Å². The van der Waals surface area contributed by atoms with Crippen molar-refractivity contribution >= 4 is 0 Å². The molecule has 90 valence electrons. The van der Waals surface area contributed by atoms with Crippen molar-refractivity contribution in [3.05, 3.63) is 29.8 Å². The van der Waals surface area contributed by atoms with Crippen molar-refractivity contribution in [1.82, 2.24) is 10.3 Å². The lowest BCUT2D eigenvalue weighted by Gasteiger charge is -2.33. The quantitative estimate of drug-likeness (QED) is 0.836. The minimum Gasteiger partial charge on any atom is -0.377 e. The molecule has 1 N–H and O–H groups in total. The molecule has 1 unspecified atom stereocenters. The van der Waals surface area contributed by atoms with Crippen molar-refractivity contribution in [3.8, 4) is 0 Å². The predicted octanol–water partition coefficient (Wildman–Crippen LogP) is 2.30. The summed E-state index contributed by atoms with van der Waals surface area (Å²) in [6.07, 6.45) is 2.86. The molecule has 1 rings (SSSR count). The molecule has 1 aromatic rings. The van der Waals surface area contributed by atoms with Crippen LogP contribution in [0.15, 0.2) is 18.5 Å². The van der Waals surface area contributed by atoms with E-state index in [-0.39, 0.29) is 11.9 Å². The number of hydrogen-bond donors (Lipinski definition) is 1. The molecule has 3 nitrogen and oxygen atoms in total. The van der Waals surface area contributed by atoms with Gasteiger partial charge in [0.25, 0.3) is 0 Å². The molecule has 1 aromatic heterocycles. The molecule has 0 fully saturated rings. The molecule has 0 saturated carbocycles. The Kier molecular flexibility index (Phi) is 4.38. The fraction of sp³-hybridized carbons (Fsp3) is 0.583. The SMILES string of the molecule is CCNC(c1cncc(F)c1)C(C)(C)OC. The van der Waals surface area contributed by atoms with Gasteiger partial charge in [0.1, 0.15) is 5.82 Å². The van der Waals surface area contributed by atoms with Crippen LogP contribution >= 0.6 is 0 Å².